The third kappa shape index (κ3) is 4.50. The van der Waals surface area contributed by atoms with Gasteiger partial charge in [0.25, 0.3) is 0 Å². The lowest BCUT2D eigenvalue weighted by atomic mass is 9.92. The number of rotatable bonds is 2. The fourth-order valence-corrected chi connectivity index (χ4v) is 4.74. The Balaban J connectivity index is 0.00000256. The molecule has 0 amide bonds. The maximum absolute atomic E-state index is 3.36. The van der Waals surface area contributed by atoms with Crippen molar-refractivity contribution in [1.29, 1.82) is 0 Å². The minimum Gasteiger partial charge on any atom is -0.115 e. The monoisotopic (exact) mass is 396 g/mol. The van der Waals surface area contributed by atoms with Gasteiger partial charge >= 0.3 is 0 Å². The maximum atomic E-state index is 3.36. The number of hydrogen-bond donors (Lipinski definition) is 0. The summed E-state index contributed by atoms with van der Waals surface area (Å²) < 4.78 is 0.0703. The molecule has 0 atom stereocenters. The second-order valence-corrected chi connectivity index (χ2v) is 9.84. The van der Waals surface area contributed by atoms with Crippen molar-refractivity contribution < 1.29 is 1.43 Å². The van der Waals surface area contributed by atoms with Crippen LogP contribution in [-0.4, -0.2) is 4.75 Å². The molecule has 1 heterocycles. The number of hydrogen-bond acceptors (Lipinski definition) is 1. The summed E-state index contributed by atoms with van der Waals surface area (Å²) in [5.41, 5.74) is 8.61. The van der Waals surface area contributed by atoms with Crippen LogP contribution in [0, 0.1) is 18.8 Å². The number of benzene rings is 3. The van der Waals surface area contributed by atoms with Crippen LogP contribution in [0.4, 0.5) is 0 Å². The molecule has 0 spiro atoms. The van der Waals surface area contributed by atoms with Crippen molar-refractivity contribution >= 4 is 17.3 Å². The first-order valence-electron chi connectivity index (χ1n) is 10.2. The van der Waals surface area contributed by atoms with Gasteiger partial charge in [0.05, 0.1) is 0 Å². The van der Waals surface area contributed by atoms with Gasteiger partial charge in [0.2, 0.25) is 0 Å². The van der Waals surface area contributed by atoms with Gasteiger partial charge in [0.1, 0.15) is 0 Å². The lowest BCUT2D eigenvalue weighted by molar-refractivity contribution is 0.891. The molecule has 0 radical (unpaired) electrons. The molecule has 0 nitrogen and oxygen atoms in total. The molecule has 1 aliphatic heterocycles. The average Bonchev–Trinajstić information content (AvgIpc) is 2.72. The Kier molecular flexibility index (Phi) is 5.39. The normalized spacial score (nSPS) is 14.4. The number of thioether (sulfide) groups is 1. The van der Waals surface area contributed by atoms with Crippen molar-refractivity contribution in [3.63, 3.8) is 0 Å². The quantitative estimate of drug-likeness (QED) is 0.404. The van der Waals surface area contributed by atoms with Crippen molar-refractivity contribution in [1.82, 2.24) is 0 Å². The van der Waals surface area contributed by atoms with E-state index in [0.717, 1.165) is 17.5 Å². The van der Waals surface area contributed by atoms with E-state index in [4.69, 9.17) is 0 Å². The predicted molar refractivity (Wildman–Crippen MR) is 129 cm³/mol. The Morgan fingerprint density at radius 3 is 2.21 bits per heavy atom. The minimum atomic E-state index is 0. The summed E-state index contributed by atoms with van der Waals surface area (Å²) in [6, 6.07) is 24.0. The third-order valence-corrected chi connectivity index (χ3v) is 6.43. The molecule has 1 heteroatoms. The van der Waals surface area contributed by atoms with Crippen LogP contribution < -0.4 is 0 Å². The molecular formula is C28H28S. The van der Waals surface area contributed by atoms with Gasteiger partial charge in [-0.05, 0) is 79.8 Å². The standard InChI is InChI=1S/C28H26S.H2/c1-5-21-12-15-24(16-13-21)26-19-28(3,4)29-27-17-14-23(18-25(26)27)11-10-22-8-6-20(2)7-9-22;/h6-9,12-19H,5H2,1-4H3;1H. The van der Waals surface area contributed by atoms with Crippen molar-refractivity contribution in [2.24, 2.45) is 0 Å². The van der Waals surface area contributed by atoms with Crippen LogP contribution in [0.5, 0.6) is 0 Å². The molecule has 0 N–H and O–H groups in total. The first-order valence-corrected chi connectivity index (χ1v) is 11.0. The van der Waals surface area contributed by atoms with Crippen LogP contribution in [0.15, 0.2) is 77.7 Å². The molecule has 3 aromatic rings. The highest BCUT2D eigenvalue weighted by molar-refractivity contribution is 8.01. The molecule has 0 fully saturated rings. The van der Waals surface area contributed by atoms with E-state index in [9.17, 15) is 0 Å². The first-order chi connectivity index (χ1) is 13.9. The summed E-state index contributed by atoms with van der Waals surface area (Å²) in [5.74, 6) is 6.66. The largest absolute Gasteiger partial charge is 0.115 e. The molecule has 4 rings (SSSR count). The second-order valence-electron chi connectivity index (χ2n) is 8.14. The van der Waals surface area contributed by atoms with Gasteiger partial charge in [-0.15, -0.1) is 11.8 Å². The first kappa shape index (κ1) is 19.6. The topological polar surface area (TPSA) is 0 Å². The molecule has 29 heavy (non-hydrogen) atoms. The van der Waals surface area contributed by atoms with E-state index in [-0.39, 0.29) is 6.17 Å². The van der Waals surface area contributed by atoms with Crippen molar-refractivity contribution in [2.75, 3.05) is 0 Å². The highest BCUT2D eigenvalue weighted by atomic mass is 32.2. The van der Waals surface area contributed by atoms with Crippen LogP contribution in [-0.2, 0) is 6.42 Å². The zero-order valence-electron chi connectivity index (χ0n) is 17.5. The summed E-state index contributed by atoms with van der Waals surface area (Å²) >= 11 is 1.92. The zero-order chi connectivity index (χ0) is 20.4. The molecule has 0 aliphatic carbocycles. The zero-order valence-corrected chi connectivity index (χ0v) is 18.4. The van der Waals surface area contributed by atoms with E-state index in [1.165, 1.54) is 32.7 Å². The number of aryl methyl sites for hydroxylation is 2. The molecule has 0 aromatic heterocycles. The van der Waals surface area contributed by atoms with Crippen LogP contribution in [0.25, 0.3) is 5.57 Å². The third-order valence-electron chi connectivity index (χ3n) is 5.21. The summed E-state index contributed by atoms with van der Waals surface area (Å²) in [5, 5.41) is 0. The van der Waals surface area contributed by atoms with Crippen LogP contribution in [0.2, 0.25) is 0 Å². The van der Waals surface area contributed by atoms with Crippen LogP contribution >= 0.6 is 11.8 Å². The lowest BCUT2D eigenvalue weighted by Gasteiger charge is -2.29. The summed E-state index contributed by atoms with van der Waals surface area (Å²) in [4.78, 5) is 1.33. The Hall–Kier alpha value is -2.69. The van der Waals surface area contributed by atoms with Crippen molar-refractivity contribution in [2.45, 2.75) is 43.8 Å². The Labute approximate surface area is 180 Å². The fourth-order valence-electron chi connectivity index (χ4n) is 3.59. The summed E-state index contributed by atoms with van der Waals surface area (Å²) in [7, 11) is 0. The van der Waals surface area contributed by atoms with E-state index in [1.807, 2.05) is 11.8 Å². The average molecular weight is 397 g/mol. The molecule has 1 aliphatic rings. The predicted octanol–water partition coefficient (Wildman–Crippen LogP) is 7.52. The Morgan fingerprint density at radius 1 is 0.862 bits per heavy atom. The molecule has 0 unspecified atom stereocenters. The SMILES string of the molecule is CCc1ccc(C2=CC(C)(C)Sc3ccc(C#Cc4ccc(C)cc4)cc32)cc1.[HH]. The van der Waals surface area contributed by atoms with Crippen molar-refractivity contribution in [3.05, 3.63) is 106 Å². The molecule has 0 saturated carbocycles. The molecule has 0 saturated heterocycles. The van der Waals surface area contributed by atoms with E-state index in [0.29, 0.717) is 0 Å². The van der Waals surface area contributed by atoms with Crippen molar-refractivity contribution in [3.8, 4) is 11.8 Å². The minimum absolute atomic E-state index is 0. The van der Waals surface area contributed by atoms with E-state index in [1.54, 1.807) is 0 Å². The van der Waals surface area contributed by atoms with Crippen LogP contribution in [0.3, 0.4) is 0 Å². The Bertz CT molecular complexity index is 1120. The molecule has 3 aromatic carbocycles. The van der Waals surface area contributed by atoms with Gasteiger partial charge in [0.15, 0.2) is 0 Å². The van der Waals surface area contributed by atoms with E-state index < -0.39 is 0 Å². The van der Waals surface area contributed by atoms with E-state index >= 15 is 0 Å². The summed E-state index contributed by atoms with van der Waals surface area (Å²) in [6.45, 7) is 8.86. The highest BCUT2D eigenvalue weighted by Gasteiger charge is 2.26. The smallest absolute Gasteiger partial charge is 0.0339 e. The van der Waals surface area contributed by atoms with Gasteiger partial charge in [-0.25, -0.2) is 0 Å². The van der Waals surface area contributed by atoms with Gasteiger partial charge in [-0.2, -0.15) is 0 Å². The van der Waals surface area contributed by atoms with Gasteiger partial charge in [-0.3, -0.25) is 0 Å². The molecule has 0 bridgehead atoms. The maximum Gasteiger partial charge on any atom is 0.0339 e. The fraction of sp³-hybridized carbons (Fsp3) is 0.214. The van der Waals surface area contributed by atoms with Gasteiger partial charge < -0.3 is 0 Å². The van der Waals surface area contributed by atoms with E-state index in [2.05, 4.69) is 112 Å². The van der Waals surface area contributed by atoms with Gasteiger partial charge in [-0.1, -0.05) is 66.8 Å². The molecular weight excluding hydrogens is 368 g/mol. The number of fused-ring (bicyclic) bond motifs is 1. The van der Waals surface area contributed by atoms with Gasteiger partial charge in [0, 0.05) is 22.2 Å². The second kappa shape index (κ2) is 7.97. The summed E-state index contributed by atoms with van der Waals surface area (Å²) in [6.07, 6.45) is 3.47. The lowest BCUT2D eigenvalue weighted by Crippen LogP contribution is -2.16. The molecule has 146 valence electrons. The highest BCUT2D eigenvalue weighted by Crippen LogP contribution is 2.46. The Morgan fingerprint density at radius 2 is 1.52 bits per heavy atom. The van der Waals surface area contributed by atoms with Crippen LogP contribution in [0.1, 0.15) is 55.6 Å².